The normalized spacial score (nSPS) is 36.8. The van der Waals surface area contributed by atoms with Crippen LogP contribution in [0.25, 0.3) is 0 Å². The van der Waals surface area contributed by atoms with Crippen molar-refractivity contribution in [2.45, 2.75) is 50.0 Å². The van der Waals surface area contributed by atoms with Gasteiger partial charge in [-0.1, -0.05) is 32.2 Å². The number of rotatable bonds is 3. The molecule has 1 heterocycles. The third kappa shape index (κ3) is 3.64. The van der Waals surface area contributed by atoms with Gasteiger partial charge >= 0.3 is 0 Å². The van der Waals surface area contributed by atoms with Gasteiger partial charge in [0, 0.05) is 0 Å². The zero-order valence-corrected chi connectivity index (χ0v) is 13.1. The summed E-state index contributed by atoms with van der Waals surface area (Å²) in [6, 6.07) is 4.60. The van der Waals surface area contributed by atoms with Gasteiger partial charge in [0.15, 0.2) is 0 Å². The van der Waals surface area contributed by atoms with Crippen LogP contribution in [0.15, 0.2) is 0 Å². The molecule has 0 aromatic rings. The van der Waals surface area contributed by atoms with Gasteiger partial charge < -0.3 is 0 Å². The SMILES string of the molecule is CCCC[Si]1(Br)CCC[SiH](Br)C1. The molecule has 1 fully saturated rings. The first kappa shape index (κ1) is 11.5. The van der Waals surface area contributed by atoms with Gasteiger partial charge in [-0.2, -0.15) is 0 Å². The fourth-order valence-corrected chi connectivity index (χ4v) is 26.4. The molecule has 2 unspecified atom stereocenters. The molecule has 0 amide bonds. The summed E-state index contributed by atoms with van der Waals surface area (Å²) in [6.07, 6.45) is 4.32. The predicted molar refractivity (Wildman–Crippen MR) is 69.5 cm³/mol. The molecule has 0 aromatic carbocycles. The van der Waals surface area contributed by atoms with E-state index in [4.69, 9.17) is 0 Å². The second kappa shape index (κ2) is 5.32. The van der Waals surface area contributed by atoms with Crippen LogP contribution < -0.4 is 0 Å². The fourth-order valence-electron chi connectivity index (χ4n) is 1.96. The van der Waals surface area contributed by atoms with Gasteiger partial charge in [0.2, 0.25) is 0 Å². The highest BCUT2D eigenvalue weighted by Gasteiger charge is 2.35. The third-order valence-corrected chi connectivity index (χ3v) is 20.5. The Labute approximate surface area is 94.3 Å². The summed E-state index contributed by atoms with van der Waals surface area (Å²) in [5, 5.41) is 0. The van der Waals surface area contributed by atoms with E-state index in [9.17, 15) is 0 Å². The summed E-state index contributed by atoms with van der Waals surface area (Å²) in [7, 11) is -0.435. The molecule has 2 atom stereocenters. The van der Waals surface area contributed by atoms with Gasteiger partial charge in [0.05, 0.1) is 0 Å². The molecular weight excluding hydrogens is 312 g/mol. The molecule has 4 heteroatoms. The van der Waals surface area contributed by atoms with Crippen LogP contribution in [0.1, 0.15) is 26.2 Å². The Hall–Kier alpha value is 1.39. The van der Waals surface area contributed by atoms with Crippen molar-refractivity contribution in [1.82, 2.24) is 0 Å². The van der Waals surface area contributed by atoms with Crippen molar-refractivity contribution in [3.8, 4) is 0 Å². The van der Waals surface area contributed by atoms with Crippen molar-refractivity contribution in [2.24, 2.45) is 0 Å². The first-order valence-corrected chi connectivity index (χ1v) is 14.7. The van der Waals surface area contributed by atoms with Gasteiger partial charge in [-0.25, -0.2) is 0 Å². The summed E-state index contributed by atoms with van der Waals surface area (Å²) >= 11 is 7.98. The topological polar surface area (TPSA) is 0 Å². The first-order valence-electron chi connectivity index (χ1n) is 4.99. The number of halogens is 2. The molecule has 0 N–H and O–H groups in total. The largest absolute Gasteiger partial charge is 0.131 e. The van der Waals surface area contributed by atoms with E-state index in [-0.39, 0.29) is 0 Å². The lowest BCUT2D eigenvalue weighted by molar-refractivity contribution is 0.860. The lowest BCUT2D eigenvalue weighted by atomic mass is 10.4. The maximum absolute atomic E-state index is 4.08. The smallest absolute Gasteiger partial charge is 0.128 e. The summed E-state index contributed by atoms with van der Waals surface area (Å²) in [5.41, 5.74) is 1.59. The van der Waals surface area contributed by atoms with Crippen LogP contribution in [0.2, 0.25) is 23.8 Å². The summed E-state index contributed by atoms with van der Waals surface area (Å²) in [4.78, 5) is 0. The van der Waals surface area contributed by atoms with Crippen molar-refractivity contribution >= 4 is 44.7 Å². The van der Waals surface area contributed by atoms with E-state index in [1.807, 2.05) is 0 Å². The fraction of sp³-hybridized carbons (Fsp3) is 1.00. The molecule has 0 nitrogen and oxygen atoms in total. The summed E-state index contributed by atoms with van der Waals surface area (Å²) in [6.45, 7) is 1.41. The summed E-state index contributed by atoms with van der Waals surface area (Å²) < 4.78 is 0. The van der Waals surface area contributed by atoms with Gasteiger partial charge in [-0.15, -0.1) is 30.6 Å². The quantitative estimate of drug-likeness (QED) is 0.538. The van der Waals surface area contributed by atoms with Crippen molar-refractivity contribution < 1.29 is 0 Å². The van der Waals surface area contributed by atoms with E-state index in [1.165, 1.54) is 31.4 Å². The van der Waals surface area contributed by atoms with E-state index in [0.29, 0.717) is 0 Å². The first-order chi connectivity index (χ1) is 5.66. The van der Waals surface area contributed by atoms with Gasteiger partial charge in [-0.3, -0.25) is 0 Å². The summed E-state index contributed by atoms with van der Waals surface area (Å²) in [5.74, 6) is 0. The van der Waals surface area contributed by atoms with E-state index in [0.717, 1.165) is 0 Å². The zero-order chi connectivity index (χ0) is 9.03. The number of hydrogen-bond acceptors (Lipinski definition) is 0. The molecular formula is C8H18Br2Si2. The Bertz CT molecular complexity index is 143. The highest BCUT2D eigenvalue weighted by atomic mass is 79.9. The molecule has 1 saturated heterocycles. The van der Waals surface area contributed by atoms with Gasteiger partial charge in [0.25, 0.3) is 0 Å². The van der Waals surface area contributed by atoms with Crippen LogP contribution in [-0.4, -0.2) is 14.1 Å². The zero-order valence-electron chi connectivity index (χ0n) is 7.78. The highest BCUT2D eigenvalue weighted by Crippen LogP contribution is 2.39. The van der Waals surface area contributed by atoms with E-state index >= 15 is 0 Å². The molecule has 0 saturated carbocycles. The van der Waals surface area contributed by atoms with Crippen molar-refractivity contribution in [2.75, 3.05) is 0 Å². The van der Waals surface area contributed by atoms with Gasteiger partial charge in [-0.05, 0) is 17.8 Å². The molecule has 0 radical (unpaired) electrons. The predicted octanol–water partition coefficient (Wildman–Crippen LogP) is 4.19. The average Bonchev–Trinajstić information content (AvgIpc) is 2.01. The van der Waals surface area contributed by atoms with Crippen molar-refractivity contribution in [1.29, 1.82) is 0 Å². The molecule has 72 valence electrons. The second-order valence-corrected chi connectivity index (χ2v) is 19.6. The Morgan fingerprint density at radius 1 is 1.50 bits per heavy atom. The Kier molecular flexibility index (Phi) is 5.08. The molecule has 12 heavy (non-hydrogen) atoms. The highest BCUT2D eigenvalue weighted by molar-refractivity contribution is 9.27. The molecule has 0 aromatic heterocycles. The molecule has 0 spiro atoms. The van der Waals surface area contributed by atoms with Crippen molar-refractivity contribution in [3.63, 3.8) is 0 Å². The lowest BCUT2D eigenvalue weighted by Crippen LogP contribution is -2.34. The van der Waals surface area contributed by atoms with Crippen molar-refractivity contribution in [3.05, 3.63) is 0 Å². The standard InChI is InChI=1S/C8H18Br2Si2/c1-2-3-6-12(10)7-4-5-11(9)8-12/h11H,2-8H2,1H3. The Balaban J connectivity index is 2.35. The van der Waals surface area contributed by atoms with E-state index < -0.39 is 14.1 Å². The Morgan fingerprint density at radius 3 is 2.83 bits per heavy atom. The van der Waals surface area contributed by atoms with Crippen LogP contribution in [0, 0.1) is 0 Å². The number of hydrogen-bond donors (Lipinski definition) is 0. The lowest BCUT2D eigenvalue weighted by Gasteiger charge is -2.31. The Morgan fingerprint density at radius 2 is 2.25 bits per heavy atom. The second-order valence-electron chi connectivity index (χ2n) is 3.95. The number of unbranched alkanes of at least 4 members (excludes halogenated alkanes) is 1. The molecule has 0 bridgehead atoms. The van der Waals surface area contributed by atoms with Crippen LogP contribution in [0.5, 0.6) is 0 Å². The average molecular weight is 330 g/mol. The molecule has 0 aliphatic carbocycles. The van der Waals surface area contributed by atoms with E-state index in [1.54, 1.807) is 11.7 Å². The molecule has 1 aliphatic rings. The van der Waals surface area contributed by atoms with Crippen LogP contribution in [0.4, 0.5) is 0 Å². The maximum Gasteiger partial charge on any atom is 0.128 e. The molecule has 1 aliphatic heterocycles. The third-order valence-electron chi connectivity index (χ3n) is 2.71. The minimum Gasteiger partial charge on any atom is -0.131 e. The van der Waals surface area contributed by atoms with Crippen LogP contribution >= 0.6 is 30.6 Å². The van der Waals surface area contributed by atoms with Gasteiger partial charge in [0.1, 0.15) is 14.1 Å². The monoisotopic (exact) mass is 328 g/mol. The minimum atomic E-state index is -0.893. The minimum absolute atomic E-state index is 0.435. The van der Waals surface area contributed by atoms with E-state index in [2.05, 4.69) is 37.5 Å². The maximum atomic E-state index is 4.08. The van der Waals surface area contributed by atoms with Crippen LogP contribution in [0.3, 0.4) is 0 Å². The van der Waals surface area contributed by atoms with Crippen LogP contribution in [-0.2, 0) is 0 Å². The molecule has 1 rings (SSSR count).